The second-order valence-corrected chi connectivity index (χ2v) is 5.01. The molecule has 3 nitrogen and oxygen atoms in total. The van der Waals surface area contributed by atoms with Gasteiger partial charge in [-0.1, -0.05) is 12.1 Å². The molecule has 0 radical (unpaired) electrons. The number of benzene rings is 1. The lowest BCUT2D eigenvalue weighted by atomic mass is 10.1. The minimum absolute atomic E-state index is 0.131. The molecule has 0 aliphatic heterocycles. The van der Waals surface area contributed by atoms with Crippen molar-refractivity contribution in [3.63, 3.8) is 0 Å². The van der Waals surface area contributed by atoms with Crippen LogP contribution in [-0.4, -0.2) is 24.6 Å². The Labute approximate surface area is 107 Å². The first-order valence-electron chi connectivity index (χ1n) is 5.71. The van der Waals surface area contributed by atoms with E-state index in [9.17, 15) is 4.79 Å². The number of rotatable bonds is 7. The summed E-state index contributed by atoms with van der Waals surface area (Å²) in [5.41, 5.74) is 7.80. The second kappa shape index (κ2) is 8.01. The van der Waals surface area contributed by atoms with Gasteiger partial charge in [0.05, 0.1) is 13.5 Å². The third-order valence-corrected chi connectivity index (χ3v) is 3.45. The molecule has 0 aliphatic rings. The van der Waals surface area contributed by atoms with E-state index in [2.05, 4.69) is 10.8 Å². The first-order chi connectivity index (χ1) is 8.22. The summed E-state index contributed by atoms with van der Waals surface area (Å²) in [5, 5.41) is 0. The van der Waals surface area contributed by atoms with E-state index in [1.165, 1.54) is 12.7 Å². The van der Waals surface area contributed by atoms with E-state index in [-0.39, 0.29) is 5.97 Å². The molecule has 0 amide bonds. The average Bonchev–Trinajstić information content (AvgIpc) is 2.33. The van der Waals surface area contributed by atoms with E-state index in [1.54, 1.807) is 11.8 Å². The minimum Gasteiger partial charge on any atom is -0.469 e. The Morgan fingerprint density at radius 2 is 2.24 bits per heavy atom. The molecule has 0 aromatic heterocycles. The number of thioether (sulfide) groups is 1. The first kappa shape index (κ1) is 13.9. The number of ether oxygens (including phenoxy) is 1. The van der Waals surface area contributed by atoms with Gasteiger partial charge in [0.2, 0.25) is 0 Å². The monoisotopic (exact) mass is 253 g/mol. The van der Waals surface area contributed by atoms with Crippen LogP contribution in [0.1, 0.15) is 18.4 Å². The average molecular weight is 253 g/mol. The van der Waals surface area contributed by atoms with Crippen LogP contribution < -0.4 is 5.73 Å². The summed E-state index contributed by atoms with van der Waals surface area (Å²) in [4.78, 5) is 10.9. The van der Waals surface area contributed by atoms with Crippen molar-refractivity contribution in [1.82, 2.24) is 0 Å². The van der Waals surface area contributed by atoms with Crippen LogP contribution in [0.2, 0.25) is 0 Å². The van der Waals surface area contributed by atoms with Crippen molar-refractivity contribution in [3.05, 3.63) is 29.8 Å². The lowest BCUT2D eigenvalue weighted by Crippen LogP contribution is -2.01. The van der Waals surface area contributed by atoms with Gasteiger partial charge in [-0.15, -0.1) is 0 Å². The summed E-state index contributed by atoms with van der Waals surface area (Å²) in [6.07, 6.45) is 2.64. The molecule has 0 bridgehead atoms. The highest BCUT2D eigenvalue weighted by Crippen LogP contribution is 2.11. The van der Waals surface area contributed by atoms with Crippen LogP contribution in [0.15, 0.2) is 24.3 Å². The number of aryl methyl sites for hydroxylation is 1. The van der Waals surface area contributed by atoms with E-state index >= 15 is 0 Å². The highest BCUT2D eigenvalue weighted by atomic mass is 32.2. The number of methoxy groups -OCH3 is 1. The van der Waals surface area contributed by atoms with E-state index in [1.807, 2.05) is 18.2 Å². The maximum Gasteiger partial charge on any atom is 0.306 e. The molecule has 1 aromatic rings. The molecule has 17 heavy (non-hydrogen) atoms. The van der Waals surface area contributed by atoms with Crippen molar-refractivity contribution in [2.24, 2.45) is 0 Å². The van der Waals surface area contributed by atoms with Gasteiger partial charge >= 0.3 is 5.97 Å². The van der Waals surface area contributed by atoms with Gasteiger partial charge in [-0.3, -0.25) is 4.79 Å². The predicted octanol–water partition coefficient (Wildman–Crippen LogP) is 2.50. The zero-order valence-electron chi connectivity index (χ0n) is 10.1. The smallest absolute Gasteiger partial charge is 0.306 e. The molecule has 0 spiro atoms. The van der Waals surface area contributed by atoms with E-state index < -0.39 is 0 Å². The summed E-state index contributed by atoms with van der Waals surface area (Å²) >= 11 is 1.79. The van der Waals surface area contributed by atoms with Crippen molar-refractivity contribution >= 4 is 23.4 Å². The lowest BCUT2D eigenvalue weighted by Gasteiger charge is -2.03. The molecule has 94 valence electrons. The van der Waals surface area contributed by atoms with Crippen LogP contribution in [0.5, 0.6) is 0 Å². The summed E-state index contributed by atoms with van der Waals surface area (Å²) < 4.78 is 4.57. The van der Waals surface area contributed by atoms with Gasteiger partial charge in [-0.2, -0.15) is 11.8 Å². The third kappa shape index (κ3) is 6.22. The molecule has 0 fully saturated rings. The highest BCUT2D eigenvalue weighted by molar-refractivity contribution is 7.99. The van der Waals surface area contributed by atoms with Crippen molar-refractivity contribution in [1.29, 1.82) is 0 Å². The molecular weight excluding hydrogens is 234 g/mol. The Bertz CT molecular complexity index is 355. The van der Waals surface area contributed by atoms with Gasteiger partial charge in [0.1, 0.15) is 0 Å². The normalized spacial score (nSPS) is 10.2. The Balaban J connectivity index is 2.06. The van der Waals surface area contributed by atoms with E-state index in [4.69, 9.17) is 5.73 Å². The van der Waals surface area contributed by atoms with E-state index in [0.29, 0.717) is 6.42 Å². The summed E-state index contributed by atoms with van der Waals surface area (Å²) in [6, 6.07) is 7.98. The van der Waals surface area contributed by atoms with Crippen LogP contribution in [0.25, 0.3) is 0 Å². The lowest BCUT2D eigenvalue weighted by molar-refractivity contribution is -0.140. The van der Waals surface area contributed by atoms with E-state index in [0.717, 1.165) is 30.0 Å². The van der Waals surface area contributed by atoms with Crippen LogP contribution >= 0.6 is 11.8 Å². The van der Waals surface area contributed by atoms with Crippen molar-refractivity contribution in [2.45, 2.75) is 19.3 Å². The van der Waals surface area contributed by atoms with Gasteiger partial charge in [0.15, 0.2) is 0 Å². The number of nitrogen functional groups attached to an aromatic ring is 1. The molecule has 0 aliphatic carbocycles. The van der Waals surface area contributed by atoms with Gasteiger partial charge in [0, 0.05) is 11.4 Å². The second-order valence-electron chi connectivity index (χ2n) is 3.79. The van der Waals surface area contributed by atoms with Gasteiger partial charge in [-0.25, -0.2) is 0 Å². The maximum absolute atomic E-state index is 10.9. The molecular formula is C13H19NO2S. The van der Waals surface area contributed by atoms with Gasteiger partial charge < -0.3 is 10.5 Å². The topological polar surface area (TPSA) is 52.3 Å². The predicted molar refractivity (Wildman–Crippen MR) is 73.1 cm³/mol. The van der Waals surface area contributed by atoms with Crippen molar-refractivity contribution in [2.75, 3.05) is 24.3 Å². The fourth-order valence-electron chi connectivity index (χ4n) is 1.49. The molecule has 0 heterocycles. The van der Waals surface area contributed by atoms with Gasteiger partial charge in [-0.05, 0) is 36.3 Å². The molecule has 0 saturated heterocycles. The Kier molecular flexibility index (Phi) is 6.55. The van der Waals surface area contributed by atoms with Crippen molar-refractivity contribution < 1.29 is 9.53 Å². The Morgan fingerprint density at radius 1 is 1.41 bits per heavy atom. The summed E-state index contributed by atoms with van der Waals surface area (Å²) in [7, 11) is 1.42. The molecule has 1 rings (SSSR count). The Morgan fingerprint density at radius 3 is 2.94 bits per heavy atom. The minimum atomic E-state index is -0.131. The number of nitrogens with two attached hydrogens (primary N) is 1. The molecule has 0 saturated carbocycles. The SMILES string of the molecule is COC(=O)CCSCCCc1cccc(N)c1. The number of hydrogen-bond acceptors (Lipinski definition) is 4. The number of esters is 1. The molecule has 1 aromatic carbocycles. The molecule has 0 atom stereocenters. The number of carbonyl (C=O) groups is 1. The van der Waals surface area contributed by atoms with Crippen LogP contribution in [-0.2, 0) is 16.0 Å². The number of hydrogen-bond donors (Lipinski definition) is 1. The number of anilines is 1. The summed E-state index contributed by atoms with van der Waals surface area (Å²) in [6.45, 7) is 0. The third-order valence-electron chi connectivity index (χ3n) is 2.38. The summed E-state index contributed by atoms with van der Waals surface area (Å²) in [5.74, 6) is 1.77. The largest absolute Gasteiger partial charge is 0.469 e. The fourth-order valence-corrected chi connectivity index (χ4v) is 2.35. The quantitative estimate of drug-likeness (QED) is 0.461. The zero-order valence-corrected chi connectivity index (χ0v) is 11.0. The number of carbonyl (C=O) groups excluding carboxylic acids is 1. The van der Waals surface area contributed by atoms with Gasteiger partial charge in [0.25, 0.3) is 0 Å². The maximum atomic E-state index is 10.9. The first-order valence-corrected chi connectivity index (χ1v) is 6.87. The standard InChI is InChI=1S/C13H19NO2S/c1-16-13(15)7-9-17-8-3-5-11-4-2-6-12(14)10-11/h2,4,6,10H,3,5,7-9,14H2,1H3. The Hall–Kier alpha value is -1.16. The van der Waals surface area contributed by atoms with Crippen LogP contribution in [0.3, 0.4) is 0 Å². The molecule has 4 heteroatoms. The van der Waals surface area contributed by atoms with Crippen LogP contribution in [0.4, 0.5) is 5.69 Å². The fraction of sp³-hybridized carbons (Fsp3) is 0.462. The highest BCUT2D eigenvalue weighted by Gasteiger charge is 1.99. The molecule has 0 unspecified atom stereocenters. The van der Waals surface area contributed by atoms with Crippen LogP contribution in [0, 0.1) is 0 Å². The molecule has 2 N–H and O–H groups in total. The zero-order chi connectivity index (χ0) is 12.5. The van der Waals surface area contributed by atoms with Crippen molar-refractivity contribution in [3.8, 4) is 0 Å².